The fraction of sp³-hybridized carbons (Fsp3) is 0.444. The van der Waals surface area contributed by atoms with Gasteiger partial charge in [0.2, 0.25) is 5.91 Å². The number of benzene rings is 1. The summed E-state index contributed by atoms with van der Waals surface area (Å²) in [6.07, 6.45) is -0.698. The van der Waals surface area contributed by atoms with Crippen LogP contribution in [0.25, 0.3) is 0 Å². The van der Waals surface area contributed by atoms with Crippen LogP contribution in [-0.2, 0) is 23.9 Å². The summed E-state index contributed by atoms with van der Waals surface area (Å²) in [7, 11) is 0. The van der Waals surface area contributed by atoms with Gasteiger partial charge in [-0.1, -0.05) is 12.5 Å². The molecule has 0 aliphatic carbocycles. The molecule has 0 radical (unpaired) electrons. The maximum absolute atomic E-state index is 12.7. The van der Waals surface area contributed by atoms with E-state index in [1.54, 1.807) is 0 Å². The van der Waals surface area contributed by atoms with E-state index in [1.807, 2.05) is 5.38 Å². The lowest BCUT2D eigenvalue weighted by Gasteiger charge is -2.25. The number of anilines is 1. The number of amides is 1. The average Bonchev–Trinajstić information content (AvgIpc) is 3.02. The van der Waals surface area contributed by atoms with Crippen molar-refractivity contribution < 1.29 is 18.0 Å². The van der Waals surface area contributed by atoms with Crippen LogP contribution >= 0.6 is 11.3 Å². The predicted molar refractivity (Wildman–Crippen MR) is 95.0 cm³/mol. The van der Waals surface area contributed by atoms with Crippen LogP contribution in [-0.4, -0.2) is 28.9 Å². The zero-order valence-corrected chi connectivity index (χ0v) is 15.0. The highest BCUT2D eigenvalue weighted by Gasteiger charge is 2.30. The molecular weight excluding hydrogens is 363 g/mol. The Bertz CT molecular complexity index is 754. The summed E-state index contributed by atoms with van der Waals surface area (Å²) >= 11 is 1.52. The molecule has 4 nitrogen and oxygen atoms in total. The first-order valence-electron chi connectivity index (χ1n) is 8.53. The molecule has 1 aliphatic heterocycles. The third-order valence-corrected chi connectivity index (χ3v) is 5.10. The molecule has 1 fully saturated rings. The molecule has 2 aromatic rings. The number of carbonyl (C=O) groups excluding carboxylic acids is 1. The van der Waals surface area contributed by atoms with Crippen molar-refractivity contribution in [1.82, 2.24) is 9.88 Å². The van der Waals surface area contributed by atoms with Crippen LogP contribution in [0.4, 0.5) is 18.9 Å². The van der Waals surface area contributed by atoms with Gasteiger partial charge in [0.05, 0.1) is 24.2 Å². The fourth-order valence-electron chi connectivity index (χ4n) is 2.95. The molecule has 0 unspecified atom stereocenters. The summed E-state index contributed by atoms with van der Waals surface area (Å²) in [5, 5.41) is 5.31. The summed E-state index contributed by atoms with van der Waals surface area (Å²) < 4.78 is 38.2. The standard InChI is InChI=1S/C18H20F3N3OS/c19-18(20,21)13-5-4-6-14(9-13)22-16(25)10-15-12-26-17(23-15)11-24-7-2-1-3-8-24/h4-6,9,12H,1-3,7-8,10-11H2,(H,22,25). The molecule has 2 heterocycles. The number of hydrogen-bond donors (Lipinski definition) is 1. The van der Waals surface area contributed by atoms with Crippen molar-refractivity contribution >= 4 is 22.9 Å². The van der Waals surface area contributed by atoms with E-state index in [4.69, 9.17) is 0 Å². The molecule has 1 N–H and O–H groups in total. The Hall–Kier alpha value is -1.93. The van der Waals surface area contributed by atoms with Gasteiger partial charge in [-0.3, -0.25) is 9.69 Å². The number of nitrogens with one attached hydrogen (secondary N) is 1. The lowest BCUT2D eigenvalue weighted by molar-refractivity contribution is -0.137. The summed E-state index contributed by atoms with van der Waals surface area (Å²) in [4.78, 5) is 18.9. The number of piperidine rings is 1. The quantitative estimate of drug-likeness (QED) is 0.836. The molecule has 1 saturated heterocycles. The minimum absolute atomic E-state index is 0.0484. The van der Waals surface area contributed by atoms with Crippen LogP contribution < -0.4 is 5.32 Å². The van der Waals surface area contributed by atoms with Crippen LogP contribution in [0.1, 0.15) is 35.5 Å². The zero-order valence-electron chi connectivity index (χ0n) is 14.2. The first-order valence-corrected chi connectivity index (χ1v) is 9.41. The van der Waals surface area contributed by atoms with E-state index in [0.717, 1.165) is 36.8 Å². The largest absolute Gasteiger partial charge is 0.416 e. The van der Waals surface area contributed by atoms with Crippen LogP contribution in [0.15, 0.2) is 29.6 Å². The number of thiazole rings is 1. The van der Waals surface area contributed by atoms with E-state index in [1.165, 1.54) is 42.7 Å². The summed E-state index contributed by atoms with van der Waals surface area (Å²) in [6.45, 7) is 2.94. The molecule has 1 aromatic heterocycles. The molecule has 0 atom stereocenters. The molecule has 26 heavy (non-hydrogen) atoms. The van der Waals surface area contributed by atoms with Crippen LogP contribution in [0.3, 0.4) is 0 Å². The molecule has 140 valence electrons. The van der Waals surface area contributed by atoms with E-state index in [2.05, 4.69) is 15.2 Å². The monoisotopic (exact) mass is 383 g/mol. The molecule has 1 aromatic carbocycles. The Balaban J connectivity index is 1.55. The average molecular weight is 383 g/mol. The highest BCUT2D eigenvalue weighted by molar-refractivity contribution is 7.09. The van der Waals surface area contributed by atoms with Gasteiger partial charge in [-0.15, -0.1) is 11.3 Å². The van der Waals surface area contributed by atoms with E-state index < -0.39 is 11.7 Å². The molecule has 3 rings (SSSR count). The zero-order chi connectivity index (χ0) is 18.6. The molecule has 1 amide bonds. The number of halogens is 3. The van der Waals surface area contributed by atoms with E-state index >= 15 is 0 Å². The van der Waals surface area contributed by atoms with Gasteiger partial charge in [0.25, 0.3) is 0 Å². The van der Waals surface area contributed by atoms with Crippen molar-refractivity contribution in [3.8, 4) is 0 Å². The first kappa shape index (κ1) is 18.8. The van der Waals surface area contributed by atoms with E-state index in [-0.39, 0.29) is 18.0 Å². The number of aromatic nitrogens is 1. The fourth-order valence-corrected chi connectivity index (χ4v) is 3.79. The number of hydrogen-bond acceptors (Lipinski definition) is 4. The van der Waals surface area contributed by atoms with Gasteiger partial charge in [0.15, 0.2) is 0 Å². The number of carbonyl (C=O) groups is 1. The van der Waals surface area contributed by atoms with E-state index in [9.17, 15) is 18.0 Å². The van der Waals surface area contributed by atoms with Crippen LogP contribution in [0, 0.1) is 0 Å². The molecule has 0 saturated carbocycles. The normalized spacial score (nSPS) is 15.8. The topological polar surface area (TPSA) is 45.2 Å². The number of alkyl halides is 3. The van der Waals surface area contributed by atoms with Crippen molar-refractivity contribution in [2.24, 2.45) is 0 Å². The number of rotatable bonds is 5. The molecular formula is C18H20F3N3OS. The second-order valence-corrected chi connectivity index (χ2v) is 7.32. The third kappa shape index (κ3) is 5.28. The highest BCUT2D eigenvalue weighted by Crippen LogP contribution is 2.30. The summed E-state index contributed by atoms with van der Waals surface area (Å²) in [5.41, 5.74) is -0.00661. The van der Waals surface area contributed by atoms with Gasteiger partial charge in [-0.05, 0) is 44.1 Å². The highest BCUT2D eigenvalue weighted by atomic mass is 32.1. The van der Waals surface area contributed by atoms with Crippen molar-refractivity contribution in [3.05, 3.63) is 45.9 Å². The number of nitrogens with zero attached hydrogens (tertiary/aromatic N) is 2. The Morgan fingerprint density at radius 1 is 1.23 bits per heavy atom. The summed E-state index contributed by atoms with van der Waals surface area (Å²) in [5.74, 6) is -0.376. The molecule has 0 spiro atoms. The molecule has 8 heteroatoms. The minimum atomic E-state index is -4.43. The smallest absolute Gasteiger partial charge is 0.326 e. The van der Waals surface area contributed by atoms with Crippen molar-refractivity contribution in [1.29, 1.82) is 0 Å². The lowest BCUT2D eigenvalue weighted by atomic mass is 10.1. The van der Waals surface area contributed by atoms with Gasteiger partial charge >= 0.3 is 6.18 Å². The maximum atomic E-state index is 12.7. The molecule has 0 bridgehead atoms. The summed E-state index contributed by atoms with van der Waals surface area (Å²) in [6, 6.07) is 4.62. The SMILES string of the molecule is O=C(Cc1csc(CN2CCCCC2)n1)Nc1cccc(C(F)(F)F)c1. The minimum Gasteiger partial charge on any atom is -0.326 e. The second kappa shape index (κ2) is 8.18. The van der Waals surface area contributed by atoms with Crippen molar-refractivity contribution in [2.45, 2.75) is 38.4 Å². The molecule has 1 aliphatic rings. The first-order chi connectivity index (χ1) is 12.4. The van der Waals surface area contributed by atoms with Gasteiger partial charge in [-0.25, -0.2) is 4.98 Å². The maximum Gasteiger partial charge on any atom is 0.416 e. The Kier molecular flexibility index (Phi) is 5.93. The van der Waals surface area contributed by atoms with Gasteiger partial charge in [-0.2, -0.15) is 13.2 Å². The van der Waals surface area contributed by atoms with Crippen LogP contribution in [0.5, 0.6) is 0 Å². The van der Waals surface area contributed by atoms with Gasteiger partial charge in [0, 0.05) is 11.1 Å². The Morgan fingerprint density at radius 2 is 2.00 bits per heavy atom. The Morgan fingerprint density at radius 3 is 2.73 bits per heavy atom. The third-order valence-electron chi connectivity index (χ3n) is 4.22. The van der Waals surface area contributed by atoms with Gasteiger partial charge in [0.1, 0.15) is 5.01 Å². The van der Waals surface area contributed by atoms with Gasteiger partial charge < -0.3 is 5.32 Å². The van der Waals surface area contributed by atoms with Crippen molar-refractivity contribution in [2.75, 3.05) is 18.4 Å². The number of likely N-dealkylation sites (tertiary alicyclic amines) is 1. The Labute approximate surface area is 154 Å². The second-order valence-electron chi connectivity index (χ2n) is 6.37. The van der Waals surface area contributed by atoms with E-state index in [0.29, 0.717) is 5.69 Å². The predicted octanol–water partition coefficient (Wildman–Crippen LogP) is 4.33. The van der Waals surface area contributed by atoms with Crippen LogP contribution in [0.2, 0.25) is 0 Å². The van der Waals surface area contributed by atoms with Crippen molar-refractivity contribution in [3.63, 3.8) is 0 Å². The lowest BCUT2D eigenvalue weighted by Crippen LogP contribution is -2.29.